The first kappa shape index (κ1) is 8.46. The summed E-state index contributed by atoms with van der Waals surface area (Å²) in [6.45, 7) is 0. The quantitative estimate of drug-likeness (QED) is 0.712. The van der Waals surface area contributed by atoms with Crippen LogP contribution in [0.15, 0.2) is 12.3 Å². The zero-order chi connectivity index (χ0) is 8.27. The zero-order valence-electron chi connectivity index (χ0n) is 5.97. The molecule has 0 amide bonds. The predicted octanol–water partition coefficient (Wildman–Crippen LogP) is 2.12. The highest BCUT2D eigenvalue weighted by Crippen LogP contribution is 2.21. The number of rotatable bonds is 2. The molecule has 2 nitrogen and oxygen atoms in total. The summed E-state index contributed by atoms with van der Waals surface area (Å²) in [5.41, 5.74) is 0.576. The van der Waals surface area contributed by atoms with E-state index in [1.54, 1.807) is 0 Å². The molecular formula is C7H7BrFNO. The van der Waals surface area contributed by atoms with Crippen LogP contribution in [0.5, 0.6) is 5.75 Å². The topological polar surface area (TPSA) is 22.1 Å². The summed E-state index contributed by atoms with van der Waals surface area (Å²) in [5, 5.41) is 0.494. The molecule has 1 aromatic rings. The second kappa shape index (κ2) is 3.67. The van der Waals surface area contributed by atoms with Crippen LogP contribution in [-0.2, 0) is 5.33 Å². The number of alkyl halides is 1. The van der Waals surface area contributed by atoms with Crippen LogP contribution >= 0.6 is 15.9 Å². The Bertz CT molecular complexity index is 254. The molecule has 0 radical (unpaired) electrons. The molecule has 0 unspecified atom stereocenters. The van der Waals surface area contributed by atoms with Gasteiger partial charge < -0.3 is 4.74 Å². The smallest absolute Gasteiger partial charge is 0.176 e. The van der Waals surface area contributed by atoms with Crippen LogP contribution in [0.2, 0.25) is 0 Å². The van der Waals surface area contributed by atoms with Gasteiger partial charge in [-0.1, -0.05) is 15.9 Å². The molecule has 11 heavy (non-hydrogen) atoms. The maximum absolute atomic E-state index is 12.9. The lowest BCUT2D eigenvalue weighted by Crippen LogP contribution is -1.95. The van der Waals surface area contributed by atoms with Gasteiger partial charge in [0.1, 0.15) is 0 Å². The Hall–Kier alpha value is -0.640. The number of pyridine rings is 1. The fourth-order valence-electron chi connectivity index (χ4n) is 0.775. The van der Waals surface area contributed by atoms with Crippen LogP contribution in [0.25, 0.3) is 0 Å². The van der Waals surface area contributed by atoms with E-state index >= 15 is 0 Å². The van der Waals surface area contributed by atoms with Gasteiger partial charge in [0, 0.05) is 11.5 Å². The van der Waals surface area contributed by atoms with Crippen LogP contribution in [0.4, 0.5) is 4.39 Å². The molecule has 1 aromatic heterocycles. The normalized spacial score (nSPS) is 9.73. The van der Waals surface area contributed by atoms with Gasteiger partial charge in [0.05, 0.1) is 12.8 Å². The summed E-state index contributed by atoms with van der Waals surface area (Å²) in [6.07, 6.45) is 1.41. The van der Waals surface area contributed by atoms with Gasteiger partial charge in [-0.25, -0.2) is 4.39 Å². The minimum atomic E-state index is -0.378. The maximum atomic E-state index is 12.9. The molecule has 0 aliphatic heterocycles. The number of nitrogens with zero attached hydrogens (tertiary/aromatic N) is 1. The molecule has 0 N–H and O–H groups in total. The SMILES string of the molecule is COc1c(F)ccnc1CBr. The number of hydrogen-bond acceptors (Lipinski definition) is 2. The second-order valence-electron chi connectivity index (χ2n) is 1.91. The fourth-order valence-corrected chi connectivity index (χ4v) is 1.17. The Labute approximate surface area is 72.5 Å². The third-order valence-corrected chi connectivity index (χ3v) is 1.79. The predicted molar refractivity (Wildman–Crippen MR) is 43.4 cm³/mol. The summed E-state index contributed by atoms with van der Waals surface area (Å²) < 4.78 is 17.7. The van der Waals surface area contributed by atoms with Crippen LogP contribution in [0.1, 0.15) is 5.69 Å². The first-order chi connectivity index (χ1) is 5.29. The molecule has 0 bridgehead atoms. The lowest BCUT2D eigenvalue weighted by molar-refractivity contribution is 0.380. The van der Waals surface area contributed by atoms with E-state index in [9.17, 15) is 4.39 Å². The second-order valence-corrected chi connectivity index (χ2v) is 2.47. The molecule has 1 heterocycles. The lowest BCUT2D eigenvalue weighted by atomic mass is 10.3. The molecule has 0 aliphatic carbocycles. The van der Waals surface area contributed by atoms with E-state index < -0.39 is 0 Å². The Morgan fingerprint density at radius 3 is 2.91 bits per heavy atom. The molecule has 0 saturated heterocycles. The van der Waals surface area contributed by atoms with Gasteiger partial charge in [-0.3, -0.25) is 4.98 Å². The van der Waals surface area contributed by atoms with Crippen molar-refractivity contribution in [2.45, 2.75) is 5.33 Å². The monoisotopic (exact) mass is 219 g/mol. The van der Waals surface area contributed by atoms with Gasteiger partial charge in [-0.05, 0) is 6.07 Å². The molecule has 1 rings (SSSR count). The minimum Gasteiger partial charge on any atom is -0.492 e. The van der Waals surface area contributed by atoms with Crippen molar-refractivity contribution in [2.24, 2.45) is 0 Å². The molecule has 0 spiro atoms. The van der Waals surface area contributed by atoms with E-state index in [2.05, 4.69) is 20.9 Å². The van der Waals surface area contributed by atoms with E-state index in [0.29, 0.717) is 11.0 Å². The van der Waals surface area contributed by atoms with Crippen molar-refractivity contribution >= 4 is 15.9 Å². The zero-order valence-corrected chi connectivity index (χ0v) is 7.56. The van der Waals surface area contributed by atoms with Gasteiger partial charge in [0.2, 0.25) is 0 Å². The van der Waals surface area contributed by atoms with Crippen LogP contribution in [0, 0.1) is 5.82 Å². The first-order valence-corrected chi connectivity index (χ1v) is 4.15. The van der Waals surface area contributed by atoms with Crippen molar-refractivity contribution in [1.82, 2.24) is 4.98 Å². The highest BCUT2D eigenvalue weighted by molar-refractivity contribution is 9.08. The molecule has 60 valence electrons. The van der Waals surface area contributed by atoms with Gasteiger partial charge in [-0.2, -0.15) is 0 Å². The van der Waals surface area contributed by atoms with E-state index in [1.165, 1.54) is 19.4 Å². The Morgan fingerprint density at radius 2 is 2.45 bits per heavy atom. The Kier molecular flexibility index (Phi) is 2.82. The van der Waals surface area contributed by atoms with Crippen molar-refractivity contribution in [3.63, 3.8) is 0 Å². The first-order valence-electron chi connectivity index (χ1n) is 3.03. The van der Waals surface area contributed by atoms with E-state index in [1.807, 2.05) is 0 Å². The van der Waals surface area contributed by atoms with Crippen molar-refractivity contribution in [3.8, 4) is 5.75 Å². The van der Waals surface area contributed by atoms with E-state index in [4.69, 9.17) is 4.74 Å². The van der Waals surface area contributed by atoms with Crippen molar-refractivity contribution in [1.29, 1.82) is 0 Å². The molecule has 0 aliphatic rings. The number of hydrogen-bond donors (Lipinski definition) is 0. The van der Waals surface area contributed by atoms with Crippen LogP contribution < -0.4 is 4.74 Å². The highest BCUT2D eigenvalue weighted by atomic mass is 79.9. The summed E-state index contributed by atoms with van der Waals surface area (Å²) >= 11 is 3.17. The van der Waals surface area contributed by atoms with Gasteiger partial charge in [0.15, 0.2) is 11.6 Å². The summed E-state index contributed by atoms with van der Waals surface area (Å²) in [4.78, 5) is 3.92. The molecule has 0 fully saturated rings. The van der Waals surface area contributed by atoms with E-state index in [0.717, 1.165) is 0 Å². The molecule has 0 saturated carbocycles. The van der Waals surface area contributed by atoms with Gasteiger partial charge >= 0.3 is 0 Å². The number of ether oxygens (including phenoxy) is 1. The lowest BCUT2D eigenvalue weighted by Gasteiger charge is -2.04. The summed E-state index contributed by atoms with van der Waals surface area (Å²) in [5.74, 6) is -0.165. The largest absolute Gasteiger partial charge is 0.492 e. The Balaban J connectivity index is 3.13. The number of methoxy groups -OCH3 is 1. The molecule has 4 heteroatoms. The summed E-state index contributed by atoms with van der Waals surface area (Å²) in [7, 11) is 1.42. The van der Waals surface area contributed by atoms with Crippen molar-refractivity contribution in [3.05, 3.63) is 23.8 Å². The maximum Gasteiger partial charge on any atom is 0.176 e. The van der Waals surface area contributed by atoms with Crippen molar-refractivity contribution in [2.75, 3.05) is 7.11 Å². The molecular weight excluding hydrogens is 213 g/mol. The number of halogens is 2. The van der Waals surface area contributed by atoms with Crippen LogP contribution in [0.3, 0.4) is 0 Å². The highest BCUT2D eigenvalue weighted by Gasteiger charge is 2.07. The average molecular weight is 220 g/mol. The third kappa shape index (κ3) is 1.68. The molecule has 0 atom stereocenters. The standard InChI is InChI=1S/C7H7BrFNO/c1-11-7-5(9)2-3-10-6(7)4-8/h2-3H,4H2,1H3. The third-order valence-electron chi connectivity index (χ3n) is 1.26. The fraction of sp³-hybridized carbons (Fsp3) is 0.286. The van der Waals surface area contributed by atoms with Crippen molar-refractivity contribution < 1.29 is 9.13 Å². The molecule has 0 aromatic carbocycles. The summed E-state index contributed by atoms with van der Waals surface area (Å²) in [6, 6.07) is 1.27. The average Bonchev–Trinajstić information content (AvgIpc) is 2.04. The van der Waals surface area contributed by atoms with Crippen LogP contribution in [-0.4, -0.2) is 12.1 Å². The van der Waals surface area contributed by atoms with Gasteiger partial charge in [-0.15, -0.1) is 0 Å². The Morgan fingerprint density at radius 1 is 1.73 bits per heavy atom. The van der Waals surface area contributed by atoms with Gasteiger partial charge in [0.25, 0.3) is 0 Å². The number of aromatic nitrogens is 1. The van der Waals surface area contributed by atoms with E-state index in [-0.39, 0.29) is 11.6 Å². The minimum absolute atomic E-state index is 0.212.